The number of halogens is 1. The van der Waals surface area contributed by atoms with Crippen molar-refractivity contribution in [1.82, 2.24) is 4.98 Å². The number of carbonyl (C=O) groups excluding carboxylic acids is 3. The Morgan fingerprint density at radius 2 is 1.82 bits per heavy atom. The summed E-state index contributed by atoms with van der Waals surface area (Å²) in [5.41, 5.74) is -0.0935. The summed E-state index contributed by atoms with van der Waals surface area (Å²) in [7, 11) is 0. The number of hydrogen-bond donors (Lipinski definition) is 1. The zero-order valence-electron chi connectivity index (χ0n) is 12.1. The molecule has 1 heterocycles. The van der Waals surface area contributed by atoms with Crippen LogP contribution in [0.3, 0.4) is 0 Å². The van der Waals surface area contributed by atoms with Crippen molar-refractivity contribution in [1.29, 1.82) is 0 Å². The number of ether oxygens (including phenoxy) is 2. The van der Waals surface area contributed by atoms with E-state index in [1.165, 1.54) is 12.1 Å². The molecule has 6 nitrogen and oxygen atoms in total. The zero-order chi connectivity index (χ0) is 16.3. The number of Topliss-reactive ketones (excluding diaryl/α,β-unsaturated/α-hetero) is 1. The Labute approximate surface area is 125 Å². The van der Waals surface area contributed by atoms with Crippen LogP contribution in [0.15, 0.2) is 18.2 Å². The topological polar surface area (TPSA) is 85.5 Å². The van der Waals surface area contributed by atoms with E-state index in [0.29, 0.717) is 5.52 Å². The molecule has 0 saturated carbocycles. The van der Waals surface area contributed by atoms with E-state index in [4.69, 9.17) is 4.74 Å². The number of H-pyrrole nitrogens is 1. The molecule has 0 spiro atoms. The molecular weight excluding hydrogens is 293 g/mol. The van der Waals surface area contributed by atoms with Crippen LogP contribution >= 0.6 is 0 Å². The van der Waals surface area contributed by atoms with E-state index in [1.54, 1.807) is 13.8 Å². The molecule has 0 unspecified atom stereocenters. The number of hydrogen-bond acceptors (Lipinski definition) is 5. The number of carbonyl (C=O) groups is 3. The Hall–Kier alpha value is -2.70. The second-order valence-electron chi connectivity index (χ2n) is 4.33. The number of fused-ring (bicyclic) bond motifs is 1. The van der Waals surface area contributed by atoms with E-state index in [-0.39, 0.29) is 29.9 Å². The molecule has 1 aromatic heterocycles. The minimum absolute atomic E-state index is 0.00995. The Bertz CT molecular complexity index is 750. The van der Waals surface area contributed by atoms with Crippen LogP contribution in [0, 0.1) is 5.82 Å². The third-order valence-electron chi connectivity index (χ3n) is 2.93. The normalized spacial score (nSPS) is 10.5. The van der Waals surface area contributed by atoms with Gasteiger partial charge in [0.15, 0.2) is 0 Å². The van der Waals surface area contributed by atoms with Crippen LogP contribution in [0.5, 0.6) is 0 Å². The molecule has 116 valence electrons. The molecule has 2 rings (SSSR count). The van der Waals surface area contributed by atoms with Crippen molar-refractivity contribution in [2.24, 2.45) is 0 Å². The van der Waals surface area contributed by atoms with Gasteiger partial charge in [0.2, 0.25) is 0 Å². The van der Waals surface area contributed by atoms with E-state index in [1.807, 2.05) is 0 Å². The number of ketones is 1. The van der Waals surface area contributed by atoms with Gasteiger partial charge in [-0.3, -0.25) is 4.79 Å². The summed E-state index contributed by atoms with van der Waals surface area (Å²) in [6.45, 7) is 3.25. The van der Waals surface area contributed by atoms with Crippen LogP contribution in [-0.4, -0.2) is 35.9 Å². The molecule has 2 aromatic rings. The highest BCUT2D eigenvalue weighted by Crippen LogP contribution is 2.25. The van der Waals surface area contributed by atoms with E-state index in [0.717, 1.165) is 6.07 Å². The van der Waals surface area contributed by atoms with Crippen molar-refractivity contribution in [3.63, 3.8) is 0 Å². The number of aromatic amines is 1. The fraction of sp³-hybridized carbons (Fsp3) is 0.267. The molecular formula is C15H14FNO5. The first-order valence-corrected chi connectivity index (χ1v) is 6.69. The van der Waals surface area contributed by atoms with Gasteiger partial charge in [0.1, 0.15) is 11.5 Å². The third kappa shape index (κ3) is 2.83. The monoisotopic (exact) mass is 307 g/mol. The lowest BCUT2D eigenvalue weighted by atomic mass is 10.1. The largest absolute Gasteiger partial charge is 0.461 e. The SMILES string of the molecule is CCOC(=O)C(=O)c1c(C(=O)OCC)[nH]c2ccc(F)cc12. The van der Waals surface area contributed by atoms with Crippen molar-refractivity contribution in [3.8, 4) is 0 Å². The smallest absolute Gasteiger partial charge is 0.379 e. The number of rotatable bonds is 5. The van der Waals surface area contributed by atoms with E-state index >= 15 is 0 Å². The van der Waals surface area contributed by atoms with Gasteiger partial charge in [-0.2, -0.15) is 0 Å². The van der Waals surface area contributed by atoms with Gasteiger partial charge in [-0.25, -0.2) is 14.0 Å². The highest BCUT2D eigenvalue weighted by molar-refractivity contribution is 6.44. The van der Waals surface area contributed by atoms with Gasteiger partial charge >= 0.3 is 11.9 Å². The fourth-order valence-corrected chi connectivity index (χ4v) is 2.06. The Kier molecular flexibility index (Phi) is 4.55. The minimum Gasteiger partial charge on any atom is -0.461 e. The summed E-state index contributed by atoms with van der Waals surface area (Å²) in [5, 5.41) is 0.126. The third-order valence-corrected chi connectivity index (χ3v) is 2.93. The van der Waals surface area contributed by atoms with E-state index in [9.17, 15) is 18.8 Å². The van der Waals surface area contributed by atoms with Crippen molar-refractivity contribution in [2.45, 2.75) is 13.8 Å². The average Bonchev–Trinajstić information content (AvgIpc) is 2.85. The summed E-state index contributed by atoms with van der Waals surface area (Å²) >= 11 is 0. The van der Waals surface area contributed by atoms with Crippen LogP contribution in [0.4, 0.5) is 4.39 Å². The first kappa shape index (κ1) is 15.7. The summed E-state index contributed by atoms with van der Waals surface area (Å²) < 4.78 is 22.9. The average molecular weight is 307 g/mol. The highest BCUT2D eigenvalue weighted by Gasteiger charge is 2.29. The molecule has 1 N–H and O–H groups in total. The van der Waals surface area contributed by atoms with E-state index in [2.05, 4.69) is 9.72 Å². The summed E-state index contributed by atoms with van der Waals surface area (Å²) in [5.74, 6) is -3.54. The molecule has 0 aliphatic carbocycles. The van der Waals surface area contributed by atoms with Crippen molar-refractivity contribution >= 4 is 28.6 Å². The number of aromatic nitrogens is 1. The standard InChI is InChI=1S/C15H14FNO5/c1-3-21-14(19)12-11(13(18)15(20)22-4-2)9-7-8(16)5-6-10(9)17-12/h5-7,17H,3-4H2,1-2H3. The molecule has 22 heavy (non-hydrogen) atoms. The van der Waals surface area contributed by atoms with Gasteiger partial charge in [-0.15, -0.1) is 0 Å². The van der Waals surface area contributed by atoms with E-state index < -0.39 is 23.5 Å². The molecule has 0 aliphatic heterocycles. The molecule has 0 saturated heterocycles. The molecule has 0 fully saturated rings. The van der Waals surface area contributed by atoms with Crippen LogP contribution in [0.1, 0.15) is 34.7 Å². The molecule has 0 aliphatic rings. The fourth-order valence-electron chi connectivity index (χ4n) is 2.06. The minimum atomic E-state index is -1.11. The maximum absolute atomic E-state index is 13.4. The van der Waals surface area contributed by atoms with Crippen LogP contribution < -0.4 is 0 Å². The van der Waals surface area contributed by atoms with Gasteiger partial charge < -0.3 is 14.5 Å². The van der Waals surface area contributed by atoms with Crippen LogP contribution in [-0.2, 0) is 14.3 Å². The maximum Gasteiger partial charge on any atom is 0.379 e. The summed E-state index contributed by atoms with van der Waals surface area (Å²) in [4.78, 5) is 38.5. The van der Waals surface area contributed by atoms with Crippen molar-refractivity contribution in [2.75, 3.05) is 13.2 Å². The van der Waals surface area contributed by atoms with Gasteiger partial charge in [-0.05, 0) is 32.0 Å². The van der Waals surface area contributed by atoms with Crippen molar-refractivity contribution in [3.05, 3.63) is 35.3 Å². The molecule has 0 bridgehead atoms. The molecule has 1 aromatic carbocycles. The van der Waals surface area contributed by atoms with Gasteiger partial charge in [0.05, 0.1) is 18.8 Å². The van der Waals surface area contributed by atoms with Crippen LogP contribution in [0.25, 0.3) is 10.9 Å². The van der Waals surface area contributed by atoms with Gasteiger partial charge in [0.25, 0.3) is 5.78 Å². The Balaban J connectivity index is 2.63. The van der Waals surface area contributed by atoms with Crippen molar-refractivity contribution < 1.29 is 28.2 Å². The van der Waals surface area contributed by atoms with Gasteiger partial charge in [-0.1, -0.05) is 0 Å². The molecule has 0 amide bonds. The number of esters is 2. The Morgan fingerprint density at radius 1 is 1.14 bits per heavy atom. The second-order valence-corrected chi connectivity index (χ2v) is 4.33. The lowest BCUT2D eigenvalue weighted by Gasteiger charge is -2.04. The maximum atomic E-state index is 13.4. The van der Waals surface area contributed by atoms with Gasteiger partial charge in [0, 0.05) is 10.9 Å². The quantitative estimate of drug-likeness (QED) is 0.520. The predicted molar refractivity (Wildman–Crippen MR) is 75.2 cm³/mol. The second kappa shape index (κ2) is 6.38. The number of benzene rings is 1. The van der Waals surface area contributed by atoms with Crippen LogP contribution in [0.2, 0.25) is 0 Å². The number of nitrogens with one attached hydrogen (secondary N) is 1. The first-order valence-electron chi connectivity index (χ1n) is 6.69. The first-order chi connectivity index (χ1) is 10.5. The lowest BCUT2D eigenvalue weighted by molar-refractivity contribution is -0.137. The summed E-state index contributed by atoms with van der Waals surface area (Å²) in [6, 6.07) is 3.61. The Morgan fingerprint density at radius 3 is 2.45 bits per heavy atom. The highest BCUT2D eigenvalue weighted by atomic mass is 19.1. The zero-order valence-corrected chi connectivity index (χ0v) is 12.1. The molecule has 7 heteroatoms. The predicted octanol–water partition coefficient (Wildman–Crippen LogP) is 2.23. The molecule has 0 atom stereocenters. The summed E-state index contributed by atoms with van der Waals surface area (Å²) in [6.07, 6.45) is 0. The lowest BCUT2D eigenvalue weighted by Crippen LogP contribution is -2.20. The molecule has 0 radical (unpaired) electrons.